The molecule has 0 fully saturated rings. The fraction of sp³-hybridized carbons (Fsp3) is 0.533. The quantitative estimate of drug-likeness (QED) is 0.893. The van der Waals surface area contributed by atoms with E-state index in [0.29, 0.717) is 17.9 Å². The monoisotopic (exact) mass is 302 g/mol. The summed E-state index contributed by atoms with van der Waals surface area (Å²) in [6, 6.07) is 0. The van der Waals surface area contributed by atoms with Gasteiger partial charge in [-0.25, -0.2) is 0 Å². The van der Waals surface area contributed by atoms with Crippen LogP contribution in [0.4, 0.5) is 5.82 Å². The molecule has 7 nitrogen and oxygen atoms in total. The molecule has 2 N–H and O–H groups in total. The molecule has 2 heterocycles. The molecule has 2 aromatic heterocycles. The minimum absolute atomic E-state index is 0.0664. The molecule has 0 aromatic carbocycles. The van der Waals surface area contributed by atoms with E-state index in [1.54, 1.807) is 25.2 Å². The predicted octanol–water partition coefficient (Wildman–Crippen LogP) is 1.34. The number of carbonyl (C=O) groups excluding carboxylic acids is 1. The van der Waals surface area contributed by atoms with Gasteiger partial charge in [0.15, 0.2) is 0 Å². The number of hydrogen-bond donors (Lipinski definition) is 2. The van der Waals surface area contributed by atoms with Gasteiger partial charge in [0, 0.05) is 21.1 Å². The van der Waals surface area contributed by atoms with Gasteiger partial charge in [0.25, 0.3) is 5.91 Å². The summed E-state index contributed by atoms with van der Waals surface area (Å²) in [5.74, 6) is 0.591. The second-order valence-corrected chi connectivity index (χ2v) is 5.91. The van der Waals surface area contributed by atoms with Crippen LogP contribution in [0.1, 0.15) is 40.2 Å². The van der Waals surface area contributed by atoms with E-state index < -0.39 is 0 Å². The van der Waals surface area contributed by atoms with Crippen molar-refractivity contribution in [1.82, 2.24) is 24.9 Å². The Kier molecular flexibility index (Phi) is 3.87. The van der Waals surface area contributed by atoms with E-state index >= 15 is 0 Å². The Morgan fingerprint density at radius 2 is 2.18 bits per heavy atom. The number of amides is 1. The first-order chi connectivity index (χ1) is 10.6. The van der Waals surface area contributed by atoms with E-state index in [9.17, 15) is 4.79 Å². The first-order valence-electron chi connectivity index (χ1n) is 7.60. The van der Waals surface area contributed by atoms with Gasteiger partial charge in [-0.15, -0.1) is 0 Å². The molecule has 0 bridgehead atoms. The second kappa shape index (κ2) is 5.82. The van der Waals surface area contributed by atoms with Crippen molar-refractivity contribution in [2.45, 2.75) is 32.2 Å². The topological polar surface area (TPSA) is 78.8 Å². The lowest BCUT2D eigenvalue weighted by atomic mass is 9.96. The molecule has 7 heteroatoms. The van der Waals surface area contributed by atoms with Crippen LogP contribution in [0.25, 0.3) is 0 Å². The van der Waals surface area contributed by atoms with Crippen LogP contribution < -0.4 is 5.32 Å². The Hall–Kier alpha value is -2.31. The number of nitrogens with one attached hydrogen (secondary N) is 2. The third-order valence-electron chi connectivity index (χ3n) is 4.16. The van der Waals surface area contributed by atoms with Gasteiger partial charge in [-0.2, -0.15) is 10.2 Å². The molecule has 0 aliphatic heterocycles. The van der Waals surface area contributed by atoms with Crippen molar-refractivity contribution in [2.24, 2.45) is 7.05 Å². The Morgan fingerprint density at radius 1 is 1.41 bits per heavy atom. The highest BCUT2D eigenvalue weighted by Crippen LogP contribution is 2.24. The van der Waals surface area contributed by atoms with E-state index in [0.717, 1.165) is 12.8 Å². The van der Waals surface area contributed by atoms with Crippen molar-refractivity contribution >= 4 is 11.7 Å². The lowest BCUT2D eigenvalue weighted by molar-refractivity contribution is 0.0828. The average molecular weight is 302 g/mol. The smallest absolute Gasteiger partial charge is 0.258 e. The van der Waals surface area contributed by atoms with Crippen LogP contribution in [0, 0.1) is 0 Å². The summed E-state index contributed by atoms with van der Waals surface area (Å²) >= 11 is 0. The fourth-order valence-corrected chi connectivity index (χ4v) is 2.96. The van der Waals surface area contributed by atoms with Crippen molar-refractivity contribution < 1.29 is 4.79 Å². The van der Waals surface area contributed by atoms with Gasteiger partial charge in [0.2, 0.25) is 0 Å². The summed E-state index contributed by atoms with van der Waals surface area (Å²) in [4.78, 5) is 13.6. The Balaban J connectivity index is 1.78. The minimum Gasteiger partial charge on any atom is -0.364 e. The average Bonchev–Trinajstić information content (AvgIpc) is 3.07. The number of nitrogens with zero attached hydrogens (tertiary/aromatic N) is 4. The van der Waals surface area contributed by atoms with Crippen LogP contribution in [0.15, 0.2) is 6.20 Å². The molecule has 22 heavy (non-hydrogen) atoms. The Bertz CT molecular complexity index is 684. The largest absolute Gasteiger partial charge is 0.364 e. The first kappa shape index (κ1) is 14.6. The highest BCUT2D eigenvalue weighted by molar-refractivity contribution is 5.98. The second-order valence-electron chi connectivity index (χ2n) is 5.91. The van der Waals surface area contributed by atoms with Crippen molar-refractivity contribution in [3.8, 4) is 0 Å². The molecule has 1 amide bonds. The molecule has 0 saturated carbocycles. The molecule has 0 radical (unpaired) electrons. The normalized spacial score (nSPS) is 13.8. The van der Waals surface area contributed by atoms with E-state index in [1.165, 1.54) is 29.8 Å². The van der Waals surface area contributed by atoms with Gasteiger partial charge in [-0.1, -0.05) is 0 Å². The number of anilines is 1. The fourth-order valence-electron chi connectivity index (χ4n) is 2.96. The zero-order chi connectivity index (χ0) is 15.7. The summed E-state index contributed by atoms with van der Waals surface area (Å²) in [5, 5.41) is 14.8. The number of hydrogen-bond acceptors (Lipinski definition) is 4. The van der Waals surface area contributed by atoms with Crippen LogP contribution >= 0.6 is 0 Å². The highest BCUT2D eigenvalue weighted by Gasteiger charge is 2.20. The molecule has 0 atom stereocenters. The SMILES string of the molecule is CN(C)C(=O)c1cn[nH]c1NCc1c2c(nn1C)CCCC2. The predicted molar refractivity (Wildman–Crippen MR) is 83.8 cm³/mol. The molecule has 1 aliphatic rings. The summed E-state index contributed by atoms with van der Waals surface area (Å²) in [6.45, 7) is 0.634. The molecule has 1 aliphatic carbocycles. The number of aromatic amines is 1. The van der Waals surface area contributed by atoms with E-state index in [4.69, 9.17) is 0 Å². The standard InChI is InChI=1S/C15H22N6O/c1-20(2)15(22)11-8-17-18-14(11)16-9-13-10-6-4-5-7-12(10)19-21(13)3/h8H,4-7,9H2,1-3H3,(H2,16,17,18). The van der Waals surface area contributed by atoms with Gasteiger partial charge in [-0.3, -0.25) is 14.6 Å². The van der Waals surface area contributed by atoms with E-state index in [2.05, 4.69) is 20.6 Å². The third kappa shape index (κ3) is 2.58. The lowest BCUT2D eigenvalue weighted by Crippen LogP contribution is -2.22. The maximum Gasteiger partial charge on any atom is 0.258 e. The number of aryl methyl sites for hydroxylation is 2. The summed E-state index contributed by atoms with van der Waals surface area (Å²) in [6.07, 6.45) is 6.16. The van der Waals surface area contributed by atoms with Crippen molar-refractivity contribution in [3.05, 3.63) is 28.7 Å². The minimum atomic E-state index is -0.0664. The zero-order valence-corrected chi connectivity index (χ0v) is 13.3. The molecular formula is C15H22N6O. The van der Waals surface area contributed by atoms with Crippen LogP contribution in [-0.4, -0.2) is 44.9 Å². The van der Waals surface area contributed by atoms with Gasteiger partial charge < -0.3 is 10.2 Å². The van der Waals surface area contributed by atoms with E-state index in [1.807, 2.05) is 11.7 Å². The number of carbonyl (C=O) groups is 1. The van der Waals surface area contributed by atoms with Gasteiger partial charge >= 0.3 is 0 Å². The molecule has 118 valence electrons. The summed E-state index contributed by atoms with van der Waals surface area (Å²) in [5.41, 5.74) is 4.33. The first-order valence-corrected chi connectivity index (χ1v) is 7.60. The third-order valence-corrected chi connectivity index (χ3v) is 4.16. The van der Waals surface area contributed by atoms with Crippen LogP contribution in [0.2, 0.25) is 0 Å². The number of aromatic nitrogens is 4. The Morgan fingerprint density at radius 3 is 2.95 bits per heavy atom. The summed E-state index contributed by atoms with van der Waals surface area (Å²) in [7, 11) is 5.45. The zero-order valence-electron chi connectivity index (χ0n) is 13.3. The van der Waals surface area contributed by atoms with Crippen LogP contribution in [0.5, 0.6) is 0 Å². The highest BCUT2D eigenvalue weighted by atomic mass is 16.2. The van der Waals surface area contributed by atoms with Gasteiger partial charge in [-0.05, 0) is 31.2 Å². The maximum atomic E-state index is 12.1. The van der Waals surface area contributed by atoms with Crippen molar-refractivity contribution in [2.75, 3.05) is 19.4 Å². The molecule has 0 saturated heterocycles. The van der Waals surface area contributed by atoms with E-state index in [-0.39, 0.29) is 5.91 Å². The maximum absolute atomic E-state index is 12.1. The molecule has 0 unspecified atom stereocenters. The molecule has 2 aromatic rings. The molecule has 0 spiro atoms. The Labute approximate surface area is 129 Å². The van der Waals surface area contributed by atoms with Gasteiger partial charge in [0.1, 0.15) is 11.4 Å². The van der Waals surface area contributed by atoms with Crippen LogP contribution in [0.3, 0.4) is 0 Å². The van der Waals surface area contributed by atoms with Crippen molar-refractivity contribution in [1.29, 1.82) is 0 Å². The van der Waals surface area contributed by atoms with Gasteiger partial charge in [0.05, 0.1) is 24.1 Å². The van der Waals surface area contributed by atoms with Crippen LogP contribution in [-0.2, 0) is 26.4 Å². The summed E-state index contributed by atoms with van der Waals surface area (Å²) < 4.78 is 1.95. The lowest BCUT2D eigenvalue weighted by Gasteiger charge is -2.13. The van der Waals surface area contributed by atoms with Crippen molar-refractivity contribution in [3.63, 3.8) is 0 Å². The number of H-pyrrole nitrogens is 1. The number of fused-ring (bicyclic) bond motifs is 1. The molecule has 3 rings (SSSR count). The molecular weight excluding hydrogens is 280 g/mol. The number of rotatable bonds is 4.